The van der Waals surface area contributed by atoms with E-state index >= 15 is 0 Å². The Morgan fingerprint density at radius 3 is 3.12 bits per heavy atom. The zero-order valence-corrected chi connectivity index (χ0v) is 8.90. The second-order valence-corrected chi connectivity index (χ2v) is 3.36. The number of furan rings is 1. The minimum atomic E-state index is 0.550. The molecule has 4 heteroatoms. The Balaban J connectivity index is 2.42. The molecule has 2 heterocycles. The van der Waals surface area contributed by atoms with Gasteiger partial charge >= 0.3 is 0 Å². The molecule has 0 unspecified atom stereocenters. The first-order valence-electron chi connectivity index (χ1n) is 4.91. The largest absolute Gasteiger partial charge is 0.467 e. The highest BCUT2D eigenvalue weighted by atomic mass is 16.3. The normalized spacial score (nSPS) is 10.0. The van der Waals surface area contributed by atoms with E-state index in [0.29, 0.717) is 12.1 Å². The summed E-state index contributed by atoms with van der Waals surface area (Å²) in [5.41, 5.74) is 2.42. The van der Waals surface area contributed by atoms with Gasteiger partial charge in [0.15, 0.2) is 0 Å². The third-order valence-corrected chi connectivity index (χ3v) is 2.26. The first-order valence-corrected chi connectivity index (χ1v) is 4.91. The van der Waals surface area contributed by atoms with Crippen LogP contribution in [0.15, 0.2) is 35.2 Å². The maximum absolute atomic E-state index is 8.81. The van der Waals surface area contributed by atoms with Crippen molar-refractivity contribution >= 4 is 0 Å². The van der Waals surface area contributed by atoms with Crippen LogP contribution in [-0.2, 0) is 6.54 Å². The number of nitrogens with zero attached hydrogens (tertiary/aromatic N) is 2. The fraction of sp³-hybridized carbons (Fsp3) is 0.167. The zero-order valence-electron chi connectivity index (χ0n) is 8.90. The zero-order chi connectivity index (χ0) is 11.4. The molecule has 0 bridgehead atoms. The fourth-order valence-electron chi connectivity index (χ4n) is 1.54. The quantitative estimate of drug-likeness (QED) is 0.846. The van der Waals surface area contributed by atoms with Crippen LogP contribution in [0.2, 0.25) is 0 Å². The second-order valence-electron chi connectivity index (χ2n) is 3.36. The molecule has 2 rings (SSSR count). The molecule has 0 atom stereocenters. The lowest BCUT2D eigenvalue weighted by Gasteiger charge is -2.01. The lowest BCUT2D eigenvalue weighted by molar-refractivity contribution is 0.497. The molecule has 0 radical (unpaired) electrons. The van der Waals surface area contributed by atoms with E-state index in [4.69, 9.17) is 9.68 Å². The number of hydrogen-bond donors (Lipinski definition) is 1. The molecular weight excluding hydrogens is 202 g/mol. The molecule has 16 heavy (non-hydrogen) atoms. The van der Waals surface area contributed by atoms with Crippen molar-refractivity contribution in [1.29, 1.82) is 5.26 Å². The Morgan fingerprint density at radius 2 is 2.38 bits per heavy atom. The highest BCUT2D eigenvalue weighted by Gasteiger charge is 2.08. The number of nitrogens with one attached hydrogen (secondary N) is 1. The molecule has 1 N–H and O–H groups in total. The predicted molar refractivity (Wildman–Crippen MR) is 59.4 cm³/mol. The third-order valence-electron chi connectivity index (χ3n) is 2.26. The average molecular weight is 213 g/mol. The van der Waals surface area contributed by atoms with E-state index in [9.17, 15) is 0 Å². The van der Waals surface area contributed by atoms with Gasteiger partial charge in [-0.25, -0.2) is 0 Å². The highest BCUT2D eigenvalue weighted by Crippen LogP contribution is 2.24. The molecule has 80 valence electrons. The first-order chi connectivity index (χ1) is 7.85. The van der Waals surface area contributed by atoms with Crippen LogP contribution in [0.3, 0.4) is 0 Å². The lowest BCUT2D eigenvalue weighted by atomic mass is 10.1. The molecular formula is C12H11N3O. The van der Waals surface area contributed by atoms with Crippen LogP contribution < -0.4 is 5.32 Å². The summed E-state index contributed by atoms with van der Waals surface area (Å²) in [6.07, 6.45) is 4.91. The monoisotopic (exact) mass is 213 g/mol. The van der Waals surface area contributed by atoms with Crippen molar-refractivity contribution in [3.05, 3.63) is 42.1 Å². The summed E-state index contributed by atoms with van der Waals surface area (Å²) in [5, 5.41) is 11.8. The van der Waals surface area contributed by atoms with Crippen LogP contribution >= 0.6 is 0 Å². The number of hydrogen-bond acceptors (Lipinski definition) is 4. The van der Waals surface area contributed by atoms with Crippen LogP contribution in [0.4, 0.5) is 0 Å². The fourth-order valence-corrected chi connectivity index (χ4v) is 1.54. The SMILES string of the molecule is CNCc1occc1-c1cncc(C#N)c1. The van der Waals surface area contributed by atoms with Gasteiger partial charge in [0.25, 0.3) is 0 Å². The molecule has 0 saturated heterocycles. The predicted octanol–water partition coefficient (Wildman–Crippen LogP) is 1.93. The van der Waals surface area contributed by atoms with E-state index in [0.717, 1.165) is 16.9 Å². The van der Waals surface area contributed by atoms with Crippen molar-refractivity contribution < 1.29 is 4.42 Å². The van der Waals surface area contributed by atoms with Crippen LogP contribution in [0, 0.1) is 11.3 Å². The van der Waals surface area contributed by atoms with E-state index < -0.39 is 0 Å². The standard InChI is InChI=1S/C12H11N3O/c1-14-8-12-11(2-3-16-12)10-4-9(5-13)6-15-7-10/h2-4,6-7,14H,8H2,1H3. The molecule has 0 spiro atoms. The van der Waals surface area contributed by atoms with Crippen molar-refractivity contribution in [1.82, 2.24) is 10.3 Å². The van der Waals surface area contributed by atoms with Gasteiger partial charge in [-0.1, -0.05) is 0 Å². The number of nitriles is 1. The summed E-state index contributed by atoms with van der Waals surface area (Å²) in [7, 11) is 1.86. The number of pyridine rings is 1. The summed E-state index contributed by atoms with van der Waals surface area (Å²) in [5.74, 6) is 0.847. The lowest BCUT2D eigenvalue weighted by Crippen LogP contribution is -2.04. The van der Waals surface area contributed by atoms with Crippen molar-refractivity contribution in [2.45, 2.75) is 6.54 Å². The Labute approximate surface area is 93.5 Å². The highest BCUT2D eigenvalue weighted by molar-refractivity contribution is 5.65. The van der Waals surface area contributed by atoms with Crippen molar-refractivity contribution in [3.63, 3.8) is 0 Å². The van der Waals surface area contributed by atoms with Crippen molar-refractivity contribution in [2.24, 2.45) is 0 Å². The summed E-state index contributed by atoms with van der Waals surface area (Å²) in [6, 6.07) is 5.75. The Bertz CT molecular complexity index is 525. The molecule has 2 aromatic rings. The van der Waals surface area contributed by atoms with Gasteiger partial charge in [-0.05, 0) is 19.2 Å². The van der Waals surface area contributed by atoms with E-state index in [1.807, 2.05) is 13.1 Å². The summed E-state index contributed by atoms with van der Waals surface area (Å²) in [4.78, 5) is 4.03. The second kappa shape index (κ2) is 4.60. The average Bonchev–Trinajstić information content (AvgIpc) is 2.78. The Hall–Kier alpha value is -2.12. The van der Waals surface area contributed by atoms with Gasteiger partial charge in [0.1, 0.15) is 11.8 Å². The van der Waals surface area contributed by atoms with E-state index in [1.54, 1.807) is 24.7 Å². The molecule has 2 aromatic heterocycles. The molecule has 0 aromatic carbocycles. The van der Waals surface area contributed by atoms with E-state index in [1.165, 1.54) is 0 Å². The van der Waals surface area contributed by atoms with Crippen molar-refractivity contribution in [3.8, 4) is 17.2 Å². The van der Waals surface area contributed by atoms with Crippen molar-refractivity contribution in [2.75, 3.05) is 7.05 Å². The molecule has 0 aliphatic rings. The van der Waals surface area contributed by atoms with Crippen LogP contribution in [0.25, 0.3) is 11.1 Å². The topological polar surface area (TPSA) is 61.9 Å². The maximum atomic E-state index is 8.81. The number of rotatable bonds is 3. The molecule has 0 fully saturated rings. The number of aromatic nitrogens is 1. The molecule has 0 aliphatic heterocycles. The van der Waals surface area contributed by atoms with Gasteiger partial charge in [0.2, 0.25) is 0 Å². The summed E-state index contributed by atoms with van der Waals surface area (Å²) >= 11 is 0. The van der Waals surface area contributed by atoms with Crippen LogP contribution in [-0.4, -0.2) is 12.0 Å². The minimum Gasteiger partial charge on any atom is -0.467 e. The van der Waals surface area contributed by atoms with Gasteiger partial charge in [0.05, 0.1) is 18.4 Å². The van der Waals surface area contributed by atoms with E-state index in [-0.39, 0.29) is 0 Å². The maximum Gasteiger partial charge on any atom is 0.125 e. The third kappa shape index (κ3) is 1.95. The van der Waals surface area contributed by atoms with E-state index in [2.05, 4.69) is 16.4 Å². The first kappa shape index (κ1) is 10.4. The summed E-state index contributed by atoms with van der Waals surface area (Å²) < 4.78 is 5.36. The Kier molecular flexibility index (Phi) is 2.99. The molecule has 0 aliphatic carbocycles. The van der Waals surface area contributed by atoms with Gasteiger partial charge < -0.3 is 9.73 Å². The minimum absolute atomic E-state index is 0.550. The van der Waals surface area contributed by atoms with Gasteiger partial charge in [-0.2, -0.15) is 5.26 Å². The van der Waals surface area contributed by atoms with Gasteiger partial charge in [-0.15, -0.1) is 0 Å². The van der Waals surface area contributed by atoms with Gasteiger partial charge in [0, 0.05) is 23.5 Å². The smallest absolute Gasteiger partial charge is 0.125 e. The molecule has 4 nitrogen and oxygen atoms in total. The Morgan fingerprint density at radius 1 is 1.50 bits per heavy atom. The molecule has 0 saturated carbocycles. The summed E-state index contributed by atoms with van der Waals surface area (Å²) in [6.45, 7) is 0.652. The van der Waals surface area contributed by atoms with Crippen LogP contribution in [0.5, 0.6) is 0 Å². The van der Waals surface area contributed by atoms with Gasteiger partial charge in [-0.3, -0.25) is 4.98 Å². The molecule has 0 amide bonds. The van der Waals surface area contributed by atoms with Crippen LogP contribution in [0.1, 0.15) is 11.3 Å².